The van der Waals surface area contributed by atoms with Crippen LogP contribution in [-0.4, -0.2) is 54.2 Å². The van der Waals surface area contributed by atoms with Crippen LogP contribution in [0.4, 0.5) is 28.2 Å². The summed E-state index contributed by atoms with van der Waals surface area (Å²) in [5.74, 6) is -1.13. The van der Waals surface area contributed by atoms with Crippen molar-refractivity contribution in [2.75, 3.05) is 38.6 Å². The molecule has 31 heavy (non-hydrogen) atoms. The van der Waals surface area contributed by atoms with Crippen LogP contribution in [0.5, 0.6) is 5.88 Å². The Bertz CT molecular complexity index is 1130. The van der Waals surface area contributed by atoms with Gasteiger partial charge in [0.05, 0.1) is 12.7 Å². The molecule has 164 valence electrons. The Morgan fingerprint density at radius 3 is 2.61 bits per heavy atom. The van der Waals surface area contributed by atoms with Gasteiger partial charge in [0.25, 0.3) is 5.88 Å². The van der Waals surface area contributed by atoms with Crippen LogP contribution in [0, 0.1) is 5.82 Å². The van der Waals surface area contributed by atoms with Crippen LogP contribution in [0.3, 0.4) is 0 Å². The summed E-state index contributed by atoms with van der Waals surface area (Å²) in [7, 11) is 1.32. The van der Waals surface area contributed by atoms with Crippen LogP contribution in [0.25, 0.3) is 22.6 Å². The van der Waals surface area contributed by atoms with E-state index >= 15 is 0 Å². The number of furan rings is 1. The highest BCUT2D eigenvalue weighted by molar-refractivity contribution is 5.91. The number of rotatable bonds is 3. The molecule has 3 heterocycles. The van der Waals surface area contributed by atoms with Gasteiger partial charge in [-0.3, -0.25) is 5.32 Å². The molecule has 1 aromatic carbocycles. The number of nitrogens with zero attached hydrogens (tertiary/aromatic N) is 3. The SMILES string of the molecule is COc1nc2oc(-c3cc(F)cc(C(F)(F)F)c3)cc2nc1NC(=O)N1CCNCC1. The second kappa shape index (κ2) is 8.02. The monoisotopic (exact) mass is 439 g/mol. The number of piperazine rings is 1. The lowest BCUT2D eigenvalue weighted by atomic mass is 10.1. The molecule has 2 N–H and O–H groups in total. The summed E-state index contributed by atoms with van der Waals surface area (Å²) in [4.78, 5) is 22.4. The molecule has 1 saturated heterocycles. The molecule has 0 saturated carbocycles. The molecular weight excluding hydrogens is 422 g/mol. The second-order valence-electron chi connectivity index (χ2n) is 6.78. The van der Waals surface area contributed by atoms with Gasteiger partial charge in [-0.1, -0.05) is 0 Å². The number of fused-ring (bicyclic) bond motifs is 1. The smallest absolute Gasteiger partial charge is 0.416 e. The van der Waals surface area contributed by atoms with Crippen molar-refractivity contribution in [1.82, 2.24) is 20.2 Å². The number of amides is 2. The van der Waals surface area contributed by atoms with E-state index in [0.29, 0.717) is 32.2 Å². The number of anilines is 1. The highest BCUT2D eigenvalue weighted by Gasteiger charge is 2.32. The van der Waals surface area contributed by atoms with Crippen LogP contribution < -0.4 is 15.4 Å². The first kappa shape index (κ1) is 20.8. The average molecular weight is 439 g/mol. The first-order chi connectivity index (χ1) is 14.7. The van der Waals surface area contributed by atoms with Gasteiger partial charge >= 0.3 is 12.2 Å². The first-order valence-electron chi connectivity index (χ1n) is 9.25. The number of carbonyl (C=O) groups is 1. The Balaban J connectivity index is 1.68. The summed E-state index contributed by atoms with van der Waals surface area (Å²) in [5.41, 5.74) is -1.16. The van der Waals surface area contributed by atoms with Gasteiger partial charge in [0.15, 0.2) is 5.82 Å². The van der Waals surface area contributed by atoms with Crippen molar-refractivity contribution < 1.29 is 31.5 Å². The van der Waals surface area contributed by atoms with Crippen LogP contribution in [0.2, 0.25) is 0 Å². The molecule has 1 aliphatic heterocycles. The minimum atomic E-state index is -4.72. The van der Waals surface area contributed by atoms with Gasteiger partial charge < -0.3 is 19.4 Å². The molecule has 0 unspecified atom stereocenters. The highest BCUT2D eigenvalue weighted by atomic mass is 19.4. The molecule has 8 nitrogen and oxygen atoms in total. The van der Waals surface area contributed by atoms with Crippen LogP contribution in [-0.2, 0) is 6.18 Å². The van der Waals surface area contributed by atoms with Gasteiger partial charge in [-0.2, -0.15) is 18.2 Å². The summed E-state index contributed by atoms with van der Waals surface area (Å²) in [6, 6.07) is 3.01. The maximum atomic E-state index is 13.8. The molecule has 1 aliphatic rings. The van der Waals surface area contributed by atoms with Gasteiger partial charge in [-0.25, -0.2) is 14.2 Å². The van der Waals surface area contributed by atoms with Crippen molar-refractivity contribution in [3.63, 3.8) is 0 Å². The minimum absolute atomic E-state index is 0.0288. The Kier molecular flexibility index (Phi) is 5.39. The fourth-order valence-electron chi connectivity index (χ4n) is 3.16. The number of methoxy groups -OCH3 is 1. The summed E-state index contributed by atoms with van der Waals surface area (Å²) in [6.45, 7) is 2.35. The van der Waals surface area contributed by atoms with E-state index in [1.807, 2.05) is 0 Å². The molecule has 0 aliphatic carbocycles. The van der Waals surface area contributed by atoms with Crippen molar-refractivity contribution in [2.45, 2.75) is 6.18 Å². The summed E-state index contributed by atoms with van der Waals surface area (Å²) in [6.07, 6.45) is -4.72. The van der Waals surface area contributed by atoms with Gasteiger partial charge in [0.2, 0.25) is 5.71 Å². The standard InChI is InChI=1S/C19H17F4N5O3/c1-30-17-15(26-18(29)28-4-2-24-3-5-28)25-13-9-14(31-16(13)27-17)10-6-11(19(21,22)23)8-12(20)7-10/h6-9,24H,2-5H2,1H3,(H,25,26,29). The topological polar surface area (TPSA) is 92.5 Å². The van der Waals surface area contributed by atoms with Crippen molar-refractivity contribution in [2.24, 2.45) is 0 Å². The largest absolute Gasteiger partial charge is 0.478 e. The molecule has 2 aromatic heterocycles. The average Bonchev–Trinajstić information content (AvgIpc) is 3.15. The summed E-state index contributed by atoms with van der Waals surface area (Å²) in [5, 5.41) is 5.75. The van der Waals surface area contributed by atoms with E-state index in [0.717, 1.165) is 12.1 Å². The molecule has 0 bridgehead atoms. The number of hydrogen-bond donors (Lipinski definition) is 2. The van der Waals surface area contributed by atoms with E-state index in [2.05, 4.69) is 20.6 Å². The maximum absolute atomic E-state index is 13.8. The molecule has 0 atom stereocenters. The Hall–Kier alpha value is -3.41. The third kappa shape index (κ3) is 4.38. The lowest BCUT2D eigenvalue weighted by Gasteiger charge is -2.27. The molecular formula is C19H17F4N5O3. The molecule has 1 fully saturated rings. The second-order valence-corrected chi connectivity index (χ2v) is 6.78. The Morgan fingerprint density at radius 2 is 1.94 bits per heavy atom. The fraction of sp³-hybridized carbons (Fsp3) is 0.316. The molecule has 12 heteroatoms. The van der Waals surface area contributed by atoms with Crippen molar-refractivity contribution in [3.8, 4) is 17.2 Å². The molecule has 4 rings (SSSR count). The number of hydrogen-bond acceptors (Lipinski definition) is 6. The highest BCUT2D eigenvalue weighted by Crippen LogP contribution is 2.35. The van der Waals surface area contributed by atoms with Gasteiger partial charge in [0, 0.05) is 37.8 Å². The zero-order valence-electron chi connectivity index (χ0n) is 16.2. The third-order valence-corrected chi connectivity index (χ3v) is 4.66. The van der Waals surface area contributed by atoms with Gasteiger partial charge in [0.1, 0.15) is 17.1 Å². The number of urea groups is 1. The first-order valence-corrected chi connectivity index (χ1v) is 9.25. The fourth-order valence-corrected chi connectivity index (χ4v) is 3.16. The Labute approximate surface area is 173 Å². The zero-order valence-corrected chi connectivity index (χ0v) is 16.2. The third-order valence-electron chi connectivity index (χ3n) is 4.66. The van der Waals surface area contributed by atoms with Crippen molar-refractivity contribution >= 4 is 23.1 Å². The predicted molar refractivity (Wildman–Crippen MR) is 102 cm³/mol. The maximum Gasteiger partial charge on any atom is 0.416 e. The molecule has 3 aromatic rings. The van der Waals surface area contributed by atoms with Crippen LogP contribution >= 0.6 is 0 Å². The lowest BCUT2D eigenvalue weighted by molar-refractivity contribution is -0.137. The van der Waals surface area contributed by atoms with E-state index in [1.54, 1.807) is 4.90 Å². The van der Waals surface area contributed by atoms with Crippen LogP contribution in [0.15, 0.2) is 28.7 Å². The number of nitrogens with one attached hydrogen (secondary N) is 2. The van der Waals surface area contributed by atoms with Gasteiger partial charge in [-0.15, -0.1) is 0 Å². The minimum Gasteiger partial charge on any atom is -0.478 e. The summed E-state index contributed by atoms with van der Waals surface area (Å²) >= 11 is 0. The van der Waals surface area contributed by atoms with Crippen molar-refractivity contribution in [3.05, 3.63) is 35.6 Å². The molecule has 0 radical (unpaired) electrons. The molecule has 2 amide bonds. The van der Waals surface area contributed by atoms with E-state index in [-0.39, 0.29) is 34.3 Å². The number of alkyl halides is 3. The number of benzene rings is 1. The molecule has 0 spiro atoms. The van der Waals surface area contributed by atoms with E-state index in [4.69, 9.17) is 9.15 Å². The lowest BCUT2D eigenvalue weighted by Crippen LogP contribution is -2.48. The number of halogens is 4. The Morgan fingerprint density at radius 1 is 1.19 bits per heavy atom. The number of aromatic nitrogens is 2. The van der Waals surface area contributed by atoms with E-state index < -0.39 is 23.6 Å². The zero-order chi connectivity index (χ0) is 22.2. The van der Waals surface area contributed by atoms with Crippen LogP contribution in [0.1, 0.15) is 5.56 Å². The quantitative estimate of drug-likeness (QED) is 0.607. The predicted octanol–water partition coefficient (Wildman–Crippen LogP) is 3.49. The summed E-state index contributed by atoms with van der Waals surface area (Å²) < 4.78 is 63.4. The normalized spacial score (nSPS) is 14.7. The van der Waals surface area contributed by atoms with Crippen molar-refractivity contribution in [1.29, 1.82) is 0 Å². The number of ether oxygens (including phenoxy) is 1. The van der Waals surface area contributed by atoms with E-state index in [1.165, 1.54) is 13.2 Å². The van der Waals surface area contributed by atoms with E-state index in [9.17, 15) is 22.4 Å². The van der Waals surface area contributed by atoms with Gasteiger partial charge in [-0.05, 0) is 18.2 Å². The number of carbonyl (C=O) groups excluding carboxylic acids is 1.